The molecule has 0 aliphatic rings. The lowest BCUT2D eigenvalue weighted by atomic mass is 10.1. The van der Waals surface area contributed by atoms with Crippen LogP contribution in [0.25, 0.3) is 0 Å². The molecule has 0 spiro atoms. The molecule has 0 fully saturated rings. The van der Waals surface area contributed by atoms with E-state index in [9.17, 15) is 15.0 Å². The van der Waals surface area contributed by atoms with Gasteiger partial charge in [-0.15, -0.1) is 0 Å². The minimum absolute atomic E-state index is 0.180. The van der Waals surface area contributed by atoms with E-state index >= 15 is 0 Å². The van der Waals surface area contributed by atoms with Gasteiger partial charge in [0.25, 0.3) is 0 Å². The Labute approximate surface area is 100 Å². The second-order valence-corrected chi connectivity index (χ2v) is 4.26. The Morgan fingerprint density at radius 1 is 1.41 bits per heavy atom. The van der Waals surface area contributed by atoms with Gasteiger partial charge < -0.3 is 14.9 Å². The number of methoxy groups -OCH3 is 1. The highest BCUT2D eigenvalue weighted by Crippen LogP contribution is 2.28. The van der Waals surface area contributed by atoms with Gasteiger partial charge in [0.05, 0.1) is 7.11 Å². The summed E-state index contributed by atoms with van der Waals surface area (Å²) in [6.07, 6.45) is 0. The molecule has 0 saturated carbocycles. The maximum absolute atomic E-state index is 11.4. The highest BCUT2D eigenvalue weighted by atomic mass is 16.5. The number of para-hydroxylation sites is 1. The van der Waals surface area contributed by atoms with Gasteiger partial charge in [0, 0.05) is 12.1 Å². The number of phenols is 2. The zero-order valence-electron chi connectivity index (χ0n) is 10.2. The average molecular weight is 239 g/mol. The van der Waals surface area contributed by atoms with Gasteiger partial charge in [0.2, 0.25) is 0 Å². The number of rotatable bonds is 4. The van der Waals surface area contributed by atoms with Crippen molar-refractivity contribution in [2.45, 2.75) is 25.9 Å². The summed E-state index contributed by atoms with van der Waals surface area (Å²) in [5.74, 6) is -0.752. The predicted molar refractivity (Wildman–Crippen MR) is 62.7 cm³/mol. The molecule has 0 radical (unpaired) electrons. The molecule has 0 aliphatic carbocycles. The molecular formula is C12H17NO4. The Kier molecular flexibility index (Phi) is 3.96. The van der Waals surface area contributed by atoms with Crippen molar-refractivity contribution in [1.29, 1.82) is 0 Å². The lowest BCUT2D eigenvalue weighted by Crippen LogP contribution is -2.46. The van der Waals surface area contributed by atoms with Gasteiger partial charge in [-0.05, 0) is 19.9 Å². The monoisotopic (exact) mass is 239 g/mol. The summed E-state index contributed by atoms with van der Waals surface area (Å²) in [5.41, 5.74) is -0.339. The third-order valence-electron chi connectivity index (χ3n) is 2.51. The van der Waals surface area contributed by atoms with Crippen LogP contribution in [0.5, 0.6) is 11.5 Å². The Morgan fingerprint density at radius 2 is 2.06 bits per heavy atom. The maximum atomic E-state index is 11.4. The first-order valence-electron chi connectivity index (χ1n) is 5.21. The fourth-order valence-electron chi connectivity index (χ4n) is 1.36. The van der Waals surface area contributed by atoms with Crippen LogP contribution >= 0.6 is 0 Å². The van der Waals surface area contributed by atoms with Crippen molar-refractivity contribution in [2.24, 2.45) is 0 Å². The molecule has 0 bridgehead atoms. The second kappa shape index (κ2) is 5.05. The van der Waals surface area contributed by atoms with Crippen LogP contribution in [0.2, 0.25) is 0 Å². The molecule has 5 heteroatoms. The molecule has 5 nitrogen and oxygen atoms in total. The highest BCUT2D eigenvalue weighted by Gasteiger charge is 2.28. The predicted octanol–water partition coefficient (Wildman–Crippen LogP) is 1.14. The molecule has 0 unspecified atom stereocenters. The van der Waals surface area contributed by atoms with Crippen LogP contribution in [0, 0.1) is 0 Å². The topological polar surface area (TPSA) is 78.8 Å². The van der Waals surface area contributed by atoms with Crippen LogP contribution in [0.15, 0.2) is 18.2 Å². The van der Waals surface area contributed by atoms with Gasteiger partial charge in [-0.2, -0.15) is 0 Å². The molecule has 0 amide bonds. The van der Waals surface area contributed by atoms with Crippen molar-refractivity contribution in [3.63, 3.8) is 0 Å². The van der Waals surface area contributed by atoms with Crippen LogP contribution in [0.1, 0.15) is 19.4 Å². The standard InChI is InChI=1S/C12H17NO4/c1-12(2,11(16)17-3)13-7-8-5-4-6-9(14)10(8)15/h4-6,13-15H,7H2,1-3H3. The third kappa shape index (κ3) is 3.10. The molecule has 0 aliphatic heterocycles. The Bertz CT molecular complexity index is 415. The first-order chi connectivity index (χ1) is 7.88. The Balaban J connectivity index is 2.74. The van der Waals surface area contributed by atoms with E-state index < -0.39 is 11.5 Å². The summed E-state index contributed by atoms with van der Waals surface area (Å²) < 4.78 is 4.64. The van der Waals surface area contributed by atoms with E-state index in [2.05, 4.69) is 10.1 Å². The van der Waals surface area contributed by atoms with E-state index in [-0.39, 0.29) is 18.0 Å². The second-order valence-electron chi connectivity index (χ2n) is 4.26. The Morgan fingerprint density at radius 3 is 2.65 bits per heavy atom. The van der Waals surface area contributed by atoms with E-state index in [1.165, 1.54) is 13.2 Å². The average Bonchev–Trinajstić information content (AvgIpc) is 2.30. The van der Waals surface area contributed by atoms with Crippen molar-refractivity contribution in [3.8, 4) is 11.5 Å². The first-order valence-corrected chi connectivity index (χ1v) is 5.21. The van der Waals surface area contributed by atoms with Crippen molar-refractivity contribution >= 4 is 5.97 Å². The van der Waals surface area contributed by atoms with E-state index in [1.54, 1.807) is 26.0 Å². The number of aromatic hydroxyl groups is 2. The van der Waals surface area contributed by atoms with E-state index in [0.29, 0.717) is 5.56 Å². The van der Waals surface area contributed by atoms with Crippen LogP contribution < -0.4 is 5.32 Å². The molecule has 0 saturated heterocycles. The number of ether oxygens (including phenoxy) is 1. The molecule has 94 valence electrons. The van der Waals surface area contributed by atoms with Gasteiger partial charge in [-0.25, -0.2) is 0 Å². The fraction of sp³-hybridized carbons (Fsp3) is 0.417. The van der Waals surface area contributed by atoms with Gasteiger partial charge in [0.1, 0.15) is 5.54 Å². The number of carbonyl (C=O) groups excluding carboxylic acids is 1. The van der Waals surface area contributed by atoms with Crippen molar-refractivity contribution in [1.82, 2.24) is 5.32 Å². The first kappa shape index (κ1) is 13.3. The number of hydrogen-bond donors (Lipinski definition) is 3. The van der Waals surface area contributed by atoms with Gasteiger partial charge >= 0.3 is 5.97 Å². The van der Waals surface area contributed by atoms with Crippen molar-refractivity contribution in [3.05, 3.63) is 23.8 Å². The SMILES string of the molecule is COC(=O)C(C)(C)NCc1cccc(O)c1O. The summed E-state index contributed by atoms with van der Waals surface area (Å²) in [6.45, 7) is 3.61. The van der Waals surface area contributed by atoms with Crippen LogP contribution in [0.4, 0.5) is 0 Å². The highest BCUT2D eigenvalue weighted by molar-refractivity contribution is 5.79. The smallest absolute Gasteiger partial charge is 0.325 e. The van der Waals surface area contributed by atoms with E-state index in [4.69, 9.17) is 0 Å². The molecular weight excluding hydrogens is 222 g/mol. The zero-order valence-corrected chi connectivity index (χ0v) is 10.2. The summed E-state index contributed by atoms with van der Waals surface area (Å²) in [6, 6.07) is 4.68. The zero-order chi connectivity index (χ0) is 13.1. The molecule has 3 N–H and O–H groups in total. The third-order valence-corrected chi connectivity index (χ3v) is 2.51. The minimum atomic E-state index is -0.855. The van der Waals surface area contributed by atoms with Gasteiger partial charge in [0.15, 0.2) is 11.5 Å². The van der Waals surface area contributed by atoms with Crippen LogP contribution in [-0.2, 0) is 16.1 Å². The summed E-state index contributed by atoms with van der Waals surface area (Å²) in [5, 5.41) is 21.8. The number of benzene rings is 1. The van der Waals surface area contributed by atoms with Gasteiger partial charge in [-0.1, -0.05) is 12.1 Å². The maximum Gasteiger partial charge on any atom is 0.325 e. The fourth-order valence-corrected chi connectivity index (χ4v) is 1.36. The molecule has 1 aromatic rings. The molecule has 17 heavy (non-hydrogen) atoms. The van der Waals surface area contributed by atoms with Gasteiger partial charge in [-0.3, -0.25) is 10.1 Å². The summed E-state index contributed by atoms with van der Waals surface area (Å²) in [4.78, 5) is 11.4. The number of carbonyl (C=O) groups is 1. The number of hydrogen-bond acceptors (Lipinski definition) is 5. The minimum Gasteiger partial charge on any atom is -0.504 e. The number of nitrogens with one attached hydrogen (secondary N) is 1. The largest absolute Gasteiger partial charge is 0.504 e. The lowest BCUT2D eigenvalue weighted by Gasteiger charge is -2.23. The molecule has 1 rings (SSSR count). The number of phenolic OH excluding ortho intramolecular Hbond substituents is 2. The van der Waals surface area contributed by atoms with Crippen LogP contribution in [-0.4, -0.2) is 28.8 Å². The normalized spacial score (nSPS) is 11.2. The quantitative estimate of drug-likeness (QED) is 0.542. The molecule has 1 aromatic carbocycles. The molecule has 0 aromatic heterocycles. The van der Waals surface area contributed by atoms with E-state index in [1.807, 2.05) is 0 Å². The Hall–Kier alpha value is -1.75. The summed E-state index contributed by atoms with van der Waals surface area (Å²) in [7, 11) is 1.32. The molecule has 0 atom stereocenters. The summed E-state index contributed by atoms with van der Waals surface area (Å²) >= 11 is 0. The van der Waals surface area contributed by atoms with Crippen molar-refractivity contribution in [2.75, 3.05) is 7.11 Å². The van der Waals surface area contributed by atoms with Crippen molar-refractivity contribution < 1.29 is 19.7 Å². The molecule has 0 heterocycles. The number of esters is 1. The van der Waals surface area contributed by atoms with Crippen LogP contribution in [0.3, 0.4) is 0 Å². The lowest BCUT2D eigenvalue weighted by molar-refractivity contribution is -0.147. The van der Waals surface area contributed by atoms with E-state index in [0.717, 1.165) is 0 Å².